The highest BCUT2D eigenvalue weighted by molar-refractivity contribution is 5.79. The zero-order chi connectivity index (χ0) is 9.97. The van der Waals surface area contributed by atoms with Gasteiger partial charge in [-0.2, -0.15) is 10.5 Å². The molecule has 0 bridgehead atoms. The number of hydrogen-bond acceptors (Lipinski definition) is 2. The largest absolute Gasteiger partial charge is 0.192 e. The molecule has 0 atom stereocenters. The second kappa shape index (κ2) is 3.20. The molecule has 2 rings (SSSR count). The van der Waals surface area contributed by atoms with Crippen LogP contribution in [0.25, 0.3) is 11.1 Å². The molecule has 0 spiro atoms. The van der Waals surface area contributed by atoms with Crippen LogP contribution < -0.4 is 0 Å². The number of nitrogens with zero attached hydrogens (tertiary/aromatic N) is 2. The lowest BCUT2D eigenvalue weighted by Crippen LogP contribution is -1.72. The summed E-state index contributed by atoms with van der Waals surface area (Å²) in [6.45, 7) is 0. The summed E-state index contributed by atoms with van der Waals surface area (Å²) >= 11 is 0. The molecule has 0 aromatic carbocycles. The first kappa shape index (κ1) is 8.29. The molecule has 2 aliphatic carbocycles. The first-order valence-electron chi connectivity index (χ1n) is 4.19. The number of hydrogen-bond donors (Lipinski definition) is 0. The van der Waals surface area contributed by atoms with Crippen molar-refractivity contribution in [1.82, 2.24) is 0 Å². The molecule has 0 heterocycles. The summed E-state index contributed by atoms with van der Waals surface area (Å²) in [4.78, 5) is 0. The van der Waals surface area contributed by atoms with E-state index in [0.29, 0.717) is 11.1 Å². The van der Waals surface area contributed by atoms with Gasteiger partial charge in [0.1, 0.15) is 0 Å². The van der Waals surface area contributed by atoms with Gasteiger partial charge in [0.25, 0.3) is 0 Å². The molecule has 0 unspecified atom stereocenters. The molecule has 2 aliphatic rings. The van der Waals surface area contributed by atoms with Crippen molar-refractivity contribution in [3.8, 4) is 23.3 Å². The Labute approximate surface area is 82.0 Å². The van der Waals surface area contributed by atoms with Crippen LogP contribution in [0.3, 0.4) is 0 Å². The minimum Gasteiger partial charge on any atom is -0.192 e. The van der Waals surface area contributed by atoms with Crippen molar-refractivity contribution >= 4 is 0 Å². The van der Waals surface area contributed by atoms with Crippen LogP contribution in [-0.2, 0) is 0 Å². The second-order valence-corrected chi connectivity index (χ2v) is 2.93. The summed E-state index contributed by atoms with van der Waals surface area (Å²) in [6.07, 6.45) is 0. The Morgan fingerprint density at radius 2 is 1.29 bits per heavy atom. The zero-order valence-electron chi connectivity index (χ0n) is 7.36. The van der Waals surface area contributed by atoms with Gasteiger partial charge in [-0.25, -0.2) is 0 Å². The predicted molar refractivity (Wildman–Crippen MR) is 52.5 cm³/mol. The monoisotopic (exact) mass is 178 g/mol. The highest BCUT2D eigenvalue weighted by Gasteiger charge is 2.13. The molecular weight excluding hydrogens is 172 g/mol. The van der Waals surface area contributed by atoms with Crippen molar-refractivity contribution in [3.05, 3.63) is 47.5 Å². The van der Waals surface area contributed by atoms with E-state index in [9.17, 15) is 0 Å². The highest BCUT2D eigenvalue weighted by Crippen LogP contribution is 2.30. The van der Waals surface area contributed by atoms with E-state index in [-0.39, 0.29) is 0 Å². The molecule has 0 N–H and O–H groups in total. The molecule has 0 aromatic rings. The molecule has 2 nitrogen and oxygen atoms in total. The fourth-order valence-corrected chi connectivity index (χ4v) is 1.50. The van der Waals surface area contributed by atoms with Crippen LogP contribution in [0.15, 0.2) is 36.4 Å². The lowest BCUT2D eigenvalue weighted by molar-refractivity contribution is 1.50. The molecule has 0 aliphatic heterocycles. The predicted octanol–water partition coefficient (Wildman–Crippen LogP) is 2.53. The van der Waals surface area contributed by atoms with Gasteiger partial charge in [0.2, 0.25) is 0 Å². The van der Waals surface area contributed by atoms with Crippen LogP contribution in [0, 0.1) is 22.7 Å². The minimum atomic E-state index is 0.563. The fraction of sp³-hybridized carbons (Fsp3) is 0. The summed E-state index contributed by atoms with van der Waals surface area (Å²) in [5.41, 5.74) is 2.81. The van der Waals surface area contributed by atoms with Crippen molar-refractivity contribution in [1.29, 1.82) is 10.5 Å². The molecule has 0 aromatic heterocycles. The van der Waals surface area contributed by atoms with E-state index in [2.05, 4.69) is 12.1 Å². The van der Waals surface area contributed by atoms with E-state index >= 15 is 0 Å². The Kier molecular flexibility index (Phi) is 1.89. The van der Waals surface area contributed by atoms with Gasteiger partial charge in [0.15, 0.2) is 0 Å². The molecule has 64 valence electrons. The highest BCUT2D eigenvalue weighted by atomic mass is 14.3. The number of rotatable bonds is 0. The maximum absolute atomic E-state index is 8.87. The third kappa shape index (κ3) is 1.11. The Morgan fingerprint density at radius 3 is 1.71 bits per heavy atom. The SMILES string of the molecule is N#Cc1cc(C#N)c2cccccc1-2. The van der Waals surface area contributed by atoms with E-state index < -0.39 is 0 Å². The maximum Gasteiger partial charge on any atom is 0.0998 e. The summed E-state index contributed by atoms with van der Waals surface area (Å²) in [5.74, 6) is 0. The molecular formula is C12H6N2. The van der Waals surface area contributed by atoms with Crippen LogP contribution in [0.5, 0.6) is 0 Å². The molecule has 2 heteroatoms. The van der Waals surface area contributed by atoms with E-state index in [4.69, 9.17) is 10.5 Å². The van der Waals surface area contributed by atoms with E-state index in [1.165, 1.54) is 0 Å². The van der Waals surface area contributed by atoms with Crippen molar-refractivity contribution in [2.24, 2.45) is 0 Å². The summed E-state index contributed by atoms with van der Waals surface area (Å²) < 4.78 is 0. The molecule has 14 heavy (non-hydrogen) atoms. The van der Waals surface area contributed by atoms with E-state index in [1.807, 2.05) is 30.3 Å². The van der Waals surface area contributed by atoms with Crippen LogP contribution in [0.2, 0.25) is 0 Å². The molecule has 0 amide bonds. The van der Waals surface area contributed by atoms with Gasteiger partial charge in [-0.05, 0) is 6.07 Å². The van der Waals surface area contributed by atoms with Gasteiger partial charge in [-0.1, -0.05) is 30.3 Å². The smallest absolute Gasteiger partial charge is 0.0998 e. The standard InChI is InChI=1S/C12H6N2/c13-7-9-6-10(8-14)12-5-3-1-2-4-11(9)12/h1-6H. The number of nitriles is 2. The van der Waals surface area contributed by atoms with Gasteiger partial charge in [-0.3, -0.25) is 0 Å². The fourth-order valence-electron chi connectivity index (χ4n) is 1.50. The second-order valence-electron chi connectivity index (χ2n) is 2.93. The van der Waals surface area contributed by atoms with Crippen LogP contribution in [0.1, 0.15) is 11.1 Å². The Morgan fingerprint density at radius 1 is 0.786 bits per heavy atom. The average molecular weight is 178 g/mol. The maximum atomic E-state index is 8.87. The Balaban J connectivity index is 2.83. The molecule has 0 saturated heterocycles. The third-order valence-electron chi connectivity index (χ3n) is 2.15. The lowest BCUT2D eigenvalue weighted by Gasteiger charge is -1.91. The van der Waals surface area contributed by atoms with E-state index in [1.54, 1.807) is 6.07 Å². The van der Waals surface area contributed by atoms with Crippen molar-refractivity contribution < 1.29 is 0 Å². The van der Waals surface area contributed by atoms with Gasteiger partial charge < -0.3 is 0 Å². The summed E-state index contributed by atoms with van der Waals surface area (Å²) in [6, 6.07) is 15.1. The van der Waals surface area contributed by atoms with Crippen molar-refractivity contribution in [3.63, 3.8) is 0 Å². The normalized spacial score (nSPS) is 9.29. The zero-order valence-corrected chi connectivity index (χ0v) is 7.36. The first-order valence-corrected chi connectivity index (χ1v) is 4.19. The van der Waals surface area contributed by atoms with Gasteiger partial charge in [-0.15, -0.1) is 0 Å². The minimum absolute atomic E-state index is 0.563. The third-order valence-corrected chi connectivity index (χ3v) is 2.15. The lowest BCUT2D eigenvalue weighted by atomic mass is 10.1. The van der Waals surface area contributed by atoms with Gasteiger partial charge >= 0.3 is 0 Å². The Hall–Kier alpha value is -2.32. The van der Waals surface area contributed by atoms with Gasteiger partial charge in [0, 0.05) is 11.1 Å². The quantitative estimate of drug-likeness (QED) is 0.622. The van der Waals surface area contributed by atoms with Crippen LogP contribution in [-0.4, -0.2) is 0 Å². The average Bonchev–Trinajstić information content (AvgIpc) is 2.39. The summed E-state index contributed by atoms with van der Waals surface area (Å²) in [5, 5.41) is 17.7. The molecule has 0 radical (unpaired) electrons. The van der Waals surface area contributed by atoms with E-state index in [0.717, 1.165) is 11.1 Å². The summed E-state index contributed by atoms with van der Waals surface area (Å²) in [7, 11) is 0. The molecule has 0 fully saturated rings. The first-order chi connectivity index (χ1) is 6.86. The topological polar surface area (TPSA) is 47.6 Å². The van der Waals surface area contributed by atoms with Crippen molar-refractivity contribution in [2.75, 3.05) is 0 Å². The molecule has 0 saturated carbocycles. The van der Waals surface area contributed by atoms with Crippen molar-refractivity contribution in [2.45, 2.75) is 0 Å². The number of fused-ring (bicyclic) bond motifs is 1. The Bertz CT molecular complexity index is 483. The van der Waals surface area contributed by atoms with Crippen LogP contribution >= 0.6 is 0 Å². The van der Waals surface area contributed by atoms with Crippen LogP contribution in [0.4, 0.5) is 0 Å². The van der Waals surface area contributed by atoms with Gasteiger partial charge in [0.05, 0.1) is 23.3 Å².